The zero-order valence-corrected chi connectivity index (χ0v) is 14.0. The van der Waals surface area contributed by atoms with Gasteiger partial charge in [-0.15, -0.1) is 0 Å². The zero-order chi connectivity index (χ0) is 18.0. The second-order valence-electron chi connectivity index (χ2n) is 5.32. The van der Waals surface area contributed by atoms with Gasteiger partial charge in [-0.05, 0) is 29.0 Å². The molecule has 0 aliphatic rings. The number of anilines is 1. The van der Waals surface area contributed by atoms with Crippen LogP contribution in [-0.2, 0) is 0 Å². The lowest BCUT2D eigenvalue weighted by molar-refractivity contribution is 0.0696. The second kappa shape index (κ2) is 6.83. The highest BCUT2D eigenvalue weighted by molar-refractivity contribution is 6.33. The number of carbonyl (C=O) groups is 2. The average Bonchev–Trinajstić information content (AvgIpc) is 2.60. The number of carboxylic acids is 1. The van der Waals surface area contributed by atoms with Gasteiger partial charge in [-0.1, -0.05) is 48.0 Å². The minimum atomic E-state index is -1.15. The molecule has 5 nitrogen and oxygen atoms in total. The van der Waals surface area contributed by atoms with Gasteiger partial charge >= 0.3 is 5.97 Å². The molecule has 3 rings (SSSR count). The molecule has 0 radical (unpaired) electrons. The maximum absolute atomic E-state index is 12.7. The summed E-state index contributed by atoms with van der Waals surface area (Å²) in [5, 5.41) is 13.7. The van der Waals surface area contributed by atoms with E-state index < -0.39 is 5.97 Å². The Kier molecular flexibility index (Phi) is 4.59. The van der Waals surface area contributed by atoms with Crippen LogP contribution in [0.2, 0.25) is 5.02 Å². The monoisotopic (exact) mass is 355 g/mol. The highest BCUT2D eigenvalue weighted by atomic mass is 35.5. The van der Waals surface area contributed by atoms with Crippen molar-refractivity contribution in [3.8, 4) is 5.75 Å². The number of hydrogen-bond donors (Lipinski definition) is 2. The quantitative estimate of drug-likeness (QED) is 0.724. The van der Waals surface area contributed by atoms with Gasteiger partial charge in [0, 0.05) is 5.56 Å². The van der Waals surface area contributed by atoms with E-state index in [0.29, 0.717) is 5.56 Å². The summed E-state index contributed by atoms with van der Waals surface area (Å²) in [6.07, 6.45) is 0. The molecule has 0 aliphatic heterocycles. The summed E-state index contributed by atoms with van der Waals surface area (Å²) in [7, 11) is 1.40. The number of ether oxygens (including phenoxy) is 1. The van der Waals surface area contributed by atoms with E-state index in [2.05, 4.69) is 5.32 Å². The van der Waals surface area contributed by atoms with Crippen molar-refractivity contribution in [2.24, 2.45) is 0 Å². The smallest absolute Gasteiger partial charge is 0.335 e. The normalized spacial score (nSPS) is 10.5. The SMILES string of the molecule is COc1c(Cl)cc(C(=O)O)cc1NC(=O)c1cccc2ccccc12. The molecule has 0 fully saturated rings. The van der Waals surface area contributed by atoms with Crippen molar-refractivity contribution in [1.29, 1.82) is 0 Å². The maximum Gasteiger partial charge on any atom is 0.335 e. The van der Waals surface area contributed by atoms with E-state index in [9.17, 15) is 14.7 Å². The molecule has 6 heteroatoms. The maximum atomic E-state index is 12.7. The molecule has 1 amide bonds. The van der Waals surface area contributed by atoms with Crippen LogP contribution in [0.3, 0.4) is 0 Å². The van der Waals surface area contributed by atoms with Crippen molar-refractivity contribution in [2.75, 3.05) is 12.4 Å². The summed E-state index contributed by atoms with van der Waals surface area (Å²) in [6.45, 7) is 0. The highest BCUT2D eigenvalue weighted by Crippen LogP contribution is 2.35. The van der Waals surface area contributed by atoms with E-state index in [1.54, 1.807) is 12.1 Å². The predicted molar refractivity (Wildman–Crippen MR) is 96.9 cm³/mol. The third kappa shape index (κ3) is 3.27. The van der Waals surface area contributed by atoms with Gasteiger partial charge < -0.3 is 15.2 Å². The fraction of sp³-hybridized carbons (Fsp3) is 0.0526. The number of nitrogens with one attached hydrogen (secondary N) is 1. The van der Waals surface area contributed by atoms with Crippen LogP contribution in [0.25, 0.3) is 10.8 Å². The number of rotatable bonds is 4. The fourth-order valence-corrected chi connectivity index (χ4v) is 2.93. The Bertz CT molecular complexity index is 979. The van der Waals surface area contributed by atoms with Gasteiger partial charge in [0.25, 0.3) is 5.91 Å². The van der Waals surface area contributed by atoms with Crippen molar-refractivity contribution in [1.82, 2.24) is 0 Å². The minimum absolute atomic E-state index is 0.0426. The lowest BCUT2D eigenvalue weighted by Gasteiger charge is -2.13. The van der Waals surface area contributed by atoms with Crippen LogP contribution >= 0.6 is 11.6 Å². The summed E-state index contributed by atoms with van der Waals surface area (Å²) >= 11 is 6.06. The van der Waals surface area contributed by atoms with E-state index in [1.807, 2.05) is 30.3 Å². The molecule has 0 heterocycles. The summed E-state index contributed by atoms with van der Waals surface area (Å²) in [6, 6.07) is 15.5. The van der Waals surface area contributed by atoms with Gasteiger partial charge in [0.1, 0.15) is 0 Å². The Balaban J connectivity index is 2.04. The van der Waals surface area contributed by atoms with Crippen molar-refractivity contribution < 1.29 is 19.4 Å². The van der Waals surface area contributed by atoms with Crippen molar-refractivity contribution in [3.63, 3.8) is 0 Å². The Hall–Kier alpha value is -3.05. The Labute approximate surface area is 148 Å². The number of aromatic carboxylic acids is 1. The average molecular weight is 356 g/mol. The largest absolute Gasteiger partial charge is 0.493 e. The van der Waals surface area contributed by atoms with Gasteiger partial charge in [-0.25, -0.2) is 4.79 Å². The van der Waals surface area contributed by atoms with Crippen molar-refractivity contribution in [3.05, 3.63) is 70.7 Å². The standard InChI is InChI=1S/C19H14ClNO4/c1-25-17-15(20)9-12(19(23)24)10-16(17)21-18(22)14-8-4-6-11-5-2-3-7-13(11)14/h2-10H,1H3,(H,21,22)(H,23,24). The van der Waals surface area contributed by atoms with Crippen LogP contribution < -0.4 is 10.1 Å². The molecule has 0 saturated carbocycles. The summed E-state index contributed by atoms with van der Waals surface area (Å²) in [5.74, 6) is -1.32. The molecule has 3 aromatic carbocycles. The number of carboxylic acid groups (broad SMARTS) is 1. The minimum Gasteiger partial charge on any atom is -0.493 e. The Morgan fingerprint density at radius 2 is 1.80 bits per heavy atom. The Morgan fingerprint density at radius 1 is 1.08 bits per heavy atom. The van der Waals surface area contributed by atoms with Crippen LogP contribution in [0.1, 0.15) is 20.7 Å². The molecule has 3 aromatic rings. The summed E-state index contributed by atoms with van der Waals surface area (Å²) < 4.78 is 5.20. The van der Waals surface area contributed by atoms with Gasteiger partial charge in [0.2, 0.25) is 0 Å². The van der Waals surface area contributed by atoms with Crippen LogP contribution in [0.4, 0.5) is 5.69 Å². The molecule has 126 valence electrons. The number of amides is 1. The topological polar surface area (TPSA) is 75.6 Å². The van der Waals surface area contributed by atoms with Gasteiger partial charge in [0.05, 0.1) is 23.4 Å². The molecule has 0 saturated heterocycles. The third-order valence-electron chi connectivity index (χ3n) is 3.78. The number of fused-ring (bicyclic) bond motifs is 1. The predicted octanol–water partition coefficient (Wildman–Crippen LogP) is 4.45. The molecule has 0 aliphatic carbocycles. The van der Waals surface area contributed by atoms with Gasteiger partial charge in [0.15, 0.2) is 5.75 Å². The van der Waals surface area contributed by atoms with E-state index in [-0.39, 0.29) is 27.9 Å². The number of benzene rings is 3. The first-order valence-corrected chi connectivity index (χ1v) is 7.79. The van der Waals surface area contributed by atoms with Gasteiger partial charge in [-0.3, -0.25) is 4.79 Å². The highest BCUT2D eigenvalue weighted by Gasteiger charge is 2.17. The fourth-order valence-electron chi connectivity index (χ4n) is 2.63. The van der Waals surface area contributed by atoms with Crippen molar-refractivity contribution >= 4 is 39.9 Å². The number of hydrogen-bond acceptors (Lipinski definition) is 3. The lowest BCUT2D eigenvalue weighted by atomic mass is 10.0. The number of methoxy groups -OCH3 is 1. The molecule has 0 atom stereocenters. The summed E-state index contributed by atoms with van der Waals surface area (Å²) in [5.41, 5.74) is 0.626. The zero-order valence-electron chi connectivity index (χ0n) is 13.2. The Morgan fingerprint density at radius 3 is 2.52 bits per heavy atom. The first-order valence-electron chi connectivity index (χ1n) is 7.41. The first kappa shape index (κ1) is 16.8. The molecule has 2 N–H and O–H groups in total. The molecular formula is C19H14ClNO4. The lowest BCUT2D eigenvalue weighted by Crippen LogP contribution is -2.14. The molecule has 0 bridgehead atoms. The van der Waals surface area contributed by atoms with Crippen LogP contribution in [0.5, 0.6) is 5.75 Å². The van der Waals surface area contributed by atoms with Crippen LogP contribution in [0.15, 0.2) is 54.6 Å². The second-order valence-corrected chi connectivity index (χ2v) is 5.73. The molecule has 0 spiro atoms. The molecule has 0 aromatic heterocycles. The summed E-state index contributed by atoms with van der Waals surface area (Å²) in [4.78, 5) is 24.0. The van der Waals surface area contributed by atoms with Crippen LogP contribution in [0, 0.1) is 0 Å². The van der Waals surface area contributed by atoms with Crippen LogP contribution in [-0.4, -0.2) is 24.1 Å². The number of carbonyl (C=O) groups excluding carboxylic acids is 1. The molecule has 25 heavy (non-hydrogen) atoms. The van der Waals surface area contributed by atoms with E-state index in [0.717, 1.165) is 10.8 Å². The molecule has 0 unspecified atom stereocenters. The molecular weight excluding hydrogens is 342 g/mol. The first-order chi connectivity index (χ1) is 12.0. The van der Waals surface area contributed by atoms with Gasteiger partial charge in [-0.2, -0.15) is 0 Å². The van der Waals surface area contributed by atoms with E-state index >= 15 is 0 Å². The number of halogens is 1. The third-order valence-corrected chi connectivity index (χ3v) is 4.06. The van der Waals surface area contributed by atoms with Crippen molar-refractivity contribution in [2.45, 2.75) is 0 Å². The van der Waals surface area contributed by atoms with E-state index in [1.165, 1.54) is 19.2 Å². The van der Waals surface area contributed by atoms with E-state index in [4.69, 9.17) is 16.3 Å².